The summed E-state index contributed by atoms with van der Waals surface area (Å²) in [4.78, 5) is 17.7. The van der Waals surface area contributed by atoms with Crippen LogP contribution in [0.3, 0.4) is 0 Å². The number of aryl methyl sites for hydroxylation is 1. The summed E-state index contributed by atoms with van der Waals surface area (Å²) in [5.41, 5.74) is 0.826. The molecule has 4 nitrogen and oxygen atoms in total. The fraction of sp³-hybridized carbons (Fsp3) is 0.200. The largest absolute Gasteiger partial charge is 0.486 e. The SMILES string of the molecule is Cc1csc(COc2cc[nH]c(=O)c2)n1. The molecule has 0 saturated heterocycles. The second kappa shape index (κ2) is 4.27. The van der Waals surface area contributed by atoms with Gasteiger partial charge < -0.3 is 9.72 Å². The molecule has 15 heavy (non-hydrogen) atoms. The average Bonchev–Trinajstić information content (AvgIpc) is 2.62. The van der Waals surface area contributed by atoms with Gasteiger partial charge in [0.15, 0.2) is 0 Å². The molecule has 0 saturated carbocycles. The number of rotatable bonds is 3. The molecule has 0 aromatic carbocycles. The van der Waals surface area contributed by atoms with Crippen molar-refractivity contribution in [2.24, 2.45) is 0 Å². The van der Waals surface area contributed by atoms with Gasteiger partial charge in [0, 0.05) is 23.3 Å². The van der Waals surface area contributed by atoms with Crippen molar-refractivity contribution in [3.8, 4) is 5.75 Å². The van der Waals surface area contributed by atoms with Crippen LogP contribution in [0, 0.1) is 6.92 Å². The minimum absolute atomic E-state index is 0.164. The molecule has 0 radical (unpaired) electrons. The number of aromatic amines is 1. The molecule has 1 N–H and O–H groups in total. The summed E-state index contributed by atoms with van der Waals surface area (Å²) < 4.78 is 5.41. The van der Waals surface area contributed by atoms with E-state index < -0.39 is 0 Å². The molecule has 2 aromatic heterocycles. The van der Waals surface area contributed by atoms with Gasteiger partial charge in [0.2, 0.25) is 0 Å². The van der Waals surface area contributed by atoms with E-state index >= 15 is 0 Å². The predicted molar refractivity (Wildman–Crippen MR) is 58.2 cm³/mol. The summed E-state index contributed by atoms with van der Waals surface area (Å²) in [7, 11) is 0. The van der Waals surface area contributed by atoms with E-state index in [1.54, 1.807) is 23.6 Å². The van der Waals surface area contributed by atoms with Crippen LogP contribution in [0.15, 0.2) is 28.5 Å². The van der Waals surface area contributed by atoms with Gasteiger partial charge in [-0.25, -0.2) is 4.98 Å². The van der Waals surface area contributed by atoms with Crippen molar-refractivity contribution in [3.63, 3.8) is 0 Å². The van der Waals surface area contributed by atoms with Gasteiger partial charge in [-0.2, -0.15) is 0 Å². The number of H-pyrrole nitrogens is 1. The second-order valence-electron chi connectivity index (χ2n) is 3.06. The highest BCUT2D eigenvalue weighted by atomic mass is 32.1. The van der Waals surface area contributed by atoms with Gasteiger partial charge in [-0.05, 0) is 13.0 Å². The molecule has 2 rings (SSSR count). The Bertz CT molecular complexity index is 504. The number of ether oxygens (including phenoxy) is 1. The predicted octanol–water partition coefficient (Wildman–Crippen LogP) is 1.72. The van der Waals surface area contributed by atoms with E-state index in [2.05, 4.69) is 9.97 Å². The Balaban J connectivity index is 2.02. The Morgan fingerprint density at radius 2 is 2.47 bits per heavy atom. The lowest BCUT2D eigenvalue weighted by Gasteiger charge is -2.01. The molecule has 0 aliphatic heterocycles. The third-order valence-corrected chi connectivity index (χ3v) is 2.72. The molecule has 2 aromatic rings. The van der Waals surface area contributed by atoms with Gasteiger partial charge in [-0.1, -0.05) is 0 Å². The van der Waals surface area contributed by atoms with E-state index in [4.69, 9.17) is 4.74 Å². The van der Waals surface area contributed by atoms with Crippen molar-refractivity contribution in [1.29, 1.82) is 0 Å². The van der Waals surface area contributed by atoms with Gasteiger partial charge in [-0.3, -0.25) is 4.79 Å². The van der Waals surface area contributed by atoms with Crippen LogP contribution in [-0.2, 0) is 6.61 Å². The monoisotopic (exact) mass is 222 g/mol. The lowest BCUT2D eigenvalue weighted by Crippen LogP contribution is -2.04. The molecule has 0 aliphatic rings. The summed E-state index contributed by atoms with van der Waals surface area (Å²) in [5, 5.41) is 2.88. The fourth-order valence-corrected chi connectivity index (χ4v) is 1.81. The maximum Gasteiger partial charge on any atom is 0.251 e. The lowest BCUT2D eigenvalue weighted by atomic mass is 10.4. The van der Waals surface area contributed by atoms with E-state index in [1.807, 2.05) is 12.3 Å². The van der Waals surface area contributed by atoms with Crippen LogP contribution in [0.25, 0.3) is 0 Å². The molecule has 0 fully saturated rings. The summed E-state index contributed by atoms with van der Waals surface area (Å²) in [6, 6.07) is 3.13. The highest BCUT2D eigenvalue weighted by Crippen LogP contribution is 2.12. The first-order valence-electron chi connectivity index (χ1n) is 4.46. The number of hydrogen-bond acceptors (Lipinski definition) is 4. The first-order chi connectivity index (χ1) is 7.24. The van der Waals surface area contributed by atoms with E-state index in [-0.39, 0.29) is 5.56 Å². The van der Waals surface area contributed by atoms with Gasteiger partial charge in [-0.15, -0.1) is 11.3 Å². The quantitative estimate of drug-likeness (QED) is 0.860. The van der Waals surface area contributed by atoms with Crippen LogP contribution < -0.4 is 10.3 Å². The molecule has 5 heteroatoms. The van der Waals surface area contributed by atoms with Crippen molar-refractivity contribution in [2.45, 2.75) is 13.5 Å². The first kappa shape index (κ1) is 9.92. The fourth-order valence-electron chi connectivity index (χ4n) is 1.13. The highest BCUT2D eigenvalue weighted by Gasteiger charge is 2.00. The van der Waals surface area contributed by atoms with Crippen molar-refractivity contribution in [1.82, 2.24) is 9.97 Å². The van der Waals surface area contributed by atoms with Gasteiger partial charge >= 0.3 is 0 Å². The van der Waals surface area contributed by atoms with Gasteiger partial charge in [0.1, 0.15) is 17.4 Å². The first-order valence-corrected chi connectivity index (χ1v) is 5.34. The molecule has 2 heterocycles. The zero-order valence-electron chi connectivity index (χ0n) is 8.19. The third kappa shape index (κ3) is 2.66. The Kier molecular flexibility index (Phi) is 2.82. The number of hydrogen-bond donors (Lipinski definition) is 1. The maximum absolute atomic E-state index is 11.0. The molecular weight excluding hydrogens is 212 g/mol. The molecule has 0 bridgehead atoms. The molecule has 0 amide bonds. The Labute approximate surface area is 90.6 Å². The maximum atomic E-state index is 11.0. The summed E-state index contributed by atoms with van der Waals surface area (Å²) in [6.45, 7) is 2.34. The molecule has 0 atom stereocenters. The second-order valence-corrected chi connectivity index (χ2v) is 4.00. The standard InChI is InChI=1S/C10H10N2O2S/c1-7-6-15-10(12-7)5-14-8-2-3-11-9(13)4-8/h2-4,6H,5H2,1H3,(H,11,13). The van der Waals surface area contributed by atoms with E-state index in [0.717, 1.165) is 10.7 Å². The van der Waals surface area contributed by atoms with Gasteiger partial charge in [0.25, 0.3) is 5.56 Å². The van der Waals surface area contributed by atoms with Crippen LogP contribution in [0.5, 0.6) is 5.75 Å². The molecule has 0 spiro atoms. The number of nitrogens with one attached hydrogen (secondary N) is 1. The number of thiazole rings is 1. The van der Waals surface area contributed by atoms with E-state index in [0.29, 0.717) is 12.4 Å². The summed E-state index contributed by atoms with van der Waals surface area (Å²) in [6.07, 6.45) is 1.56. The van der Waals surface area contributed by atoms with Crippen LogP contribution in [0.2, 0.25) is 0 Å². The number of aromatic nitrogens is 2. The smallest absolute Gasteiger partial charge is 0.251 e. The van der Waals surface area contributed by atoms with Crippen LogP contribution in [0.4, 0.5) is 0 Å². The van der Waals surface area contributed by atoms with E-state index in [1.165, 1.54) is 6.07 Å². The summed E-state index contributed by atoms with van der Waals surface area (Å²) in [5.74, 6) is 0.562. The minimum Gasteiger partial charge on any atom is -0.486 e. The summed E-state index contributed by atoms with van der Waals surface area (Å²) >= 11 is 1.55. The molecule has 78 valence electrons. The Hall–Kier alpha value is -1.62. The zero-order chi connectivity index (χ0) is 10.7. The third-order valence-electron chi connectivity index (χ3n) is 1.78. The average molecular weight is 222 g/mol. The van der Waals surface area contributed by atoms with Gasteiger partial charge in [0.05, 0.1) is 0 Å². The lowest BCUT2D eigenvalue weighted by molar-refractivity contribution is 0.304. The Morgan fingerprint density at radius 3 is 3.13 bits per heavy atom. The zero-order valence-corrected chi connectivity index (χ0v) is 9.00. The van der Waals surface area contributed by atoms with Crippen LogP contribution in [0.1, 0.15) is 10.7 Å². The van der Waals surface area contributed by atoms with E-state index in [9.17, 15) is 4.79 Å². The minimum atomic E-state index is -0.164. The van der Waals surface area contributed by atoms with Crippen LogP contribution in [-0.4, -0.2) is 9.97 Å². The van der Waals surface area contributed by atoms with Crippen molar-refractivity contribution < 1.29 is 4.74 Å². The Morgan fingerprint density at radius 1 is 1.60 bits per heavy atom. The topological polar surface area (TPSA) is 55.0 Å². The molecule has 0 aliphatic carbocycles. The van der Waals surface area contributed by atoms with Crippen molar-refractivity contribution in [2.75, 3.05) is 0 Å². The van der Waals surface area contributed by atoms with Crippen molar-refractivity contribution >= 4 is 11.3 Å². The molecular formula is C10H10N2O2S. The van der Waals surface area contributed by atoms with Crippen molar-refractivity contribution in [3.05, 3.63) is 44.8 Å². The highest BCUT2D eigenvalue weighted by molar-refractivity contribution is 7.09. The number of nitrogens with zero attached hydrogens (tertiary/aromatic N) is 1. The van der Waals surface area contributed by atoms with Crippen LogP contribution >= 0.6 is 11.3 Å². The molecule has 0 unspecified atom stereocenters. The normalized spacial score (nSPS) is 10.2. The number of pyridine rings is 1.